The first kappa shape index (κ1) is 14.9. The van der Waals surface area contributed by atoms with E-state index in [1.54, 1.807) is 0 Å². The molecule has 0 aromatic carbocycles. The van der Waals surface area contributed by atoms with E-state index in [9.17, 15) is 0 Å². The van der Waals surface area contributed by atoms with E-state index >= 15 is 0 Å². The van der Waals surface area contributed by atoms with Gasteiger partial charge in [-0.3, -0.25) is 9.58 Å². The van der Waals surface area contributed by atoms with E-state index in [-0.39, 0.29) is 6.04 Å². The monoisotopic (exact) mass is 315 g/mol. The molecule has 1 aliphatic heterocycles. The average molecular weight is 315 g/mol. The van der Waals surface area contributed by atoms with Gasteiger partial charge in [0.05, 0.1) is 18.8 Å². The maximum absolute atomic E-state index is 5.56. The third-order valence-corrected chi connectivity index (χ3v) is 5.09. The Hall–Kier alpha value is -1.69. The average Bonchev–Trinajstić information content (AvgIpc) is 3.15. The summed E-state index contributed by atoms with van der Waals surface area (Å²) < 4.78 is 7.62. The van der Waals surface area contributed by atoms with Crippen LogP contribution in [0, 0.1) is 6.92 Å². The summed E-state index contributed by atoms with van der Waals surface area (Å²) in [6, 6.07) is 0.659. The lowest BCUT2D eigenvalue weighted by atomic mass is 10.00. The zero-order valence-corrected chi connectivity index (χ0v) is 14.0. The molecule has 2 aliphatic rings. The molecule has 6 nitrogen and oxygen atoms in total. The summed E-state index contributed by atoms with van der Waals surface area (Å²) in [5, 5.41) is 8.63. The van der Waals surface area contributed by atoms with Crippen molar-refractivity contribution in [2.45, 2.75) is 70.5 Å². The summed E-state index contributed by atoms with van der Waals surface area (Å²) in [7, 11) is 0. The van der Waals surface area contributed by atoms with E-state index in [1.165, 1.54) is 37.7 Å². The number of aryl methyl sites for hydroxylation is 1. The smallest absolute Gasteiger partial charge is 0.243 e. The number of rotatable bonds is 5. The second-order valence-electron chi connectivity index (χ2n) is 7.07. The van der Waals surface area contributed by atoms with Gasteiger partial charge < -0.3 is 4.52 Å². The van der Waals surface area contributed by atoms with Crippen LogP contribution in [0.3, 0.4) is 0 Å². The van der Waals surface area contributed by atoms with E-state index in [4.69, 9.17) is 4.52 Å². The van der Waals surface area contributed by atoms with Crippen molar-refractivity contribution in [3.05, 3.63) is 29.7 Å². The number of likely N-dealkylation sites (tertiary alicyclic amines) is 1. The van der Waals surface area contributed by atoms with Crippen LogP contribution in [0.4, 0.5) is 0 Å². The Morgan fingerprint density at radius 2 is 2.17 bits per heavy atom. The second-order valence-corrected chi connectivity index (χ2v) is 7.07. The molecule has 0 N–H and O–H groups in total. The lowest BCUT2D eigenvalue weighted by Crippen LogP contribution is -2.43. The van der Waals surface area contributed by atoms with Gasteiger partial charge in [-0.2, -0.15) is 10.1 Å². The Morgan fingerprint density at radius 1 is 1.30 bits per heavy atom. The first-order valence-corrected chi connectivity index (χ1v) is 8.79. The SMILES string of the molecule is Cc1cnn(CC2CCCCN2C(C)c2nc(C3CC3)no2)c1. The Balaban J connectivity index is 1.49. The van der Waals surface area contributed by atoms with Gasteiger partial charge in [0.25, 0.3) is 0 Å². The van der Waals surface area contributed by atoms with E-state index in [0.717, 1.165) is 24.8 Å². The zero-order valence-electron chi connectivity index (χ0n) is 14.0. The normalized spacial score (nSPS) is 24.0. The van der Waals surface area contributed by atoms with Crippen LogP contribution < -0.4 is 0 Å². The van der Waals surface area contributed by atoms with Gasteiger partial charge in [-0.15, -0.1) is 0 Å². The number of piperidine rings is 1. The van der Waals surface area contributed by atoms with Crippen molar-refractivity contribution in [3.8, 4) is 0 Å². The molecule has 0 spiro atoms. The summed E-state index contributed by atoms with van der Waals surface area (Å²) in [5.41, 5.74) is 1.21. The fraction of sp³-hybridized carbons (Fsp3) is 0.706. The molecule has 4 rings (SSSR count). The molecule has 2 unspecified atom stereocenters. The molecule has 124 valence electrons. The van der Waals surface area contributed by atoms with Gasteiger partial charge in [0.15, 0.2) is 5.82 Å². The van der Waals surface area contributed by atoms with E-state index in [0.29, 0.717) is 12.0 Å². The standard InChI is InChI=1S/C17H25N5O/c1-12-9-18-21(10-12)11-15-5-3-4-8-22(15)13(2)17-19-16(20-23-17)14-6-7-14/h9-10,13-15H,3-8,11H2,1-2H3. The molecule has 2 atom stereocenters. The molecule has 23 heavy (non-hydrogen) atoms. The third kappa shape index (κ3) is 3.17. The van der Waals surface area contributed by atoms with Crippen LogP contribution in [0.25, 0.3) is 0 Å². The van der Waals surface area contributed by atoms with Gasteiger partial charge in [0.2, 0.25) is 5.89 Å². The molecule has 1 saturated heterocycles. The Labute approximate surface area is 136 Å². The van der Waals surface area contributed by atoms with Crippen molar-refractivity contribution >= 4 is 0 Å². The van der Waals surface area contributed by atoms with Crippen molar-refractivity contribution in [2.75, 3.05) is 6.54 Å². The predicted octanol–water partition coefficient (Wildman–Crippen LogP) is 3.07. The number of aromatic nitrogens is 4. The lowest BCUT2D eigenvalue weighted by molar-refractivity contribution is 0.0719. The van der Waals surface area contributed by atoms with Gasteiger partial charge in [0.1, 0.15) is 0 Å². The number of nitrogens with zero attached hydrogens (tertiary/aromatic N) is 5. The van der Waals surface area contributed by atoms with E-state index in [2.05, 4.69) is 44.9 Å². The Bertz CT molecular complexity index is 659. The van der Waals surface area contributed by atoms with Crippen LogP contribution in [-0.4, -0.2) is 37.4 Å². The number of hydrogen-bond acceptors (Lipinski definition) is 5. The lowest BCUT2D eigenvalue weighted by Gasteiger charge is -2.38. The minimum atomic E-state index is 0.178. The van der Waals surface area contributed by atoms with Crippen molar-refractivity contribution in [2.24, 2.45) is 0 Å². The van der Waals surface area contributed by atoms with Crippen LogP contribution in [0.15, 0.2) is 16.9 Å². The molecule has 2 aromatic rings. The largest absolute Gasteiger partial charge is 0.338 e. The molecule has 3 heterocycles. The highest BCUT2D eigenvalue weighted by Gasteiger charge is 2.33. The van der Waals surface area contributed by atoms with Gasteiger partial charge in [-0.1, -0.05) is 11.6 Å². The molecule has 0 bridgehead atoms. The van der Waals surface area contributed by atoms with Crippen LogP contribution in [0.5, 0.6) is 0 Å². The quantitative estimate of drug-likeness (QED) is 0.848. The van der Waals surface area contributed by atoms with E-state index < -0.39 is 0 Å². The maximum atomic E-state index is 5.56. The highest BCUT2D eigenvalue weighted by Crippen LogP contribution is 2.39. The molecular formula is C17H25N5O. The highest BCUT2D eigenvalue weighted by atomic mass is 16.5. The minimum absolute atomic E-state index is 0.178. The first-order chi connectivity index (χ1) is 11.2. The second kappa shape index (κ2) is 6.07. The van der Waals surface area contributed by atoms with Crippen LogP contribution >= 0.6 is 0 Å². The molecular weight excluding hydrogens is 290 g/mol. The van der Waals surface area contributed by atoms with Crippen molar-refractivity contribution < 1.29 is 4.52 Å². The fourth-order valence-electron chi connectivity index (χ4n) is 3.58. The fourth-order valence-corrected chi connectivity index (χ4v) is 3.58. The Morgan fingerprint density at radius 3 is 2.91 bits per heavy atom. The predicted molar refractivity (Wildman–Crippen MR) is 86.0 cm³/mol. The summed E-state index contributed by atoms with van der Waals surface area (Å²) in [4.78, 5) is 7.17. The number of hydrogen-bond donors (Lipinski definition) is 0. The highest BCUT2D eigenvalue weighted by molar-refractivity contribution is 5.05. The summed E-state index contributed by atoms with van der Waals surface area (Å²) in [5.74, 6) is 2.22. The van der Waals surface area contributed by atoms with E-state index in [1.807, 2.05) is 6.20 Å². The molecule has 1 saturated carbocycles. The first-order valence-electron chi connectivity index (χ1n) is 8.79. The molecule has 2 aromatic heterocycles. The summed E-state index contributed by atoms with van der Waals surface area (Å²) in [6.07, 6.45) is 10.2. The van der Waals surface area contributed by atoms with Crippen LogP contribution in [0.2, 0.25) is 0 Å². The maximum Gasteiger partial charge on any atom is 0.243 e. The van der Waals surface area contributed by atoms with Gasteiger partial charge in [-0.05, 0) is 51.6 Å². The van der Waals surface area contributed by atoms with Crippen molar-refractivity contribution in [1.82, 2.24) is 24.8 Å². The van der Waals surface area contributed by atoms with Gasteiger partial charge >= 0.3 is 0 Å². The molecule has 0 radical (unpaired) electrons. The zero-order chi connectivity index (χ0) is 15.8. The van der Waals surface area contributed by atoms with Crippen LogP contribution in [-0.2, 0) is 6.54 Å². The molecule has 6 heteroatoms. The minimum Gasteiger partial charge on any atom is -0.338 e. The van der Waals surface area contributed by atoms with Crippen molar-refractivity contribution in [1.29, 1.82) is 0 Å². The topological polar surface area (TPSA) is 60.0 Å². The molecule has 0 amide bonds. The van der Waals surface area contributed by atoms with Gasteiger partial charge in [-0.25, -0.2) is 0 Å². The summed E-state index contributed by atoms with van der Waals surface area (Å²) >= 11 is 0. The Kier molecular flexibility index (Phi) is 3.93. The summed E-state index contributed by atoms with van der Waals surface area (Å²) in [6.45, 7) is 6.30. The van der Waals surface area contributed by atoms with Gasteiger partial charge in [0, 0.05) is 18.2 Å². The van der Waals surface area contributed by atoms with Crippen LogP contribution in [0.1, 0.15) is 68.3 Å². The molecule has 2 fully saturated rings. The molecule has 1 aliphatic carbocycles. The third-order valence-electron chi connectivity index (χ3n) is 5.09. The van der Waals surface area contributed by atoms with Crippen molar-refractivity contribution in [3.63, 3.8) is 0 Å².